The van der Waals surface area contributed by atoms with Crippen LogP contribution in [0.5, 0.6) is 5.75 Å². The van der Waals surface area contributed by atoms with Crippen LogP contribution >= 0.6 is 11.8 Å². The molecule has 0 saturated carbocycles. The molecule has 2 rings (SSSR count). The van der Waals surface area contributed by atoms with Crippen molar-refractivity contribution in [1.29, 1.82) is 0 Å². The SMILES string of the molecule is Oc1ccccc1S/C=C\c1ccccc1. The molecule has 80 valence electrons. The normalized spacial score (nSPS) is 10.8. The van der Waals surface area contributed by atoms with Crippen molar-refractivity contribution >= 4 is 17.8 Å². The highest BCUT2D eigenvalue weighted by molar-refractivity contribution is 8.02. The van der Waals surface area contributed by atoms with Gasteiger partial charge in [0.1, 0.15) is 5.75 Å². The quantitative estimate of drug-likeness (QED) is 0.796. The van der Waals surface area contributed by atoms with Crippen molar-refractivity contribution in [1.82, 2.24) is 0 Å². The predicted molar refractivity (Wildman–Crippen MR) is 69.4 cm³/mol. The van der Waals surface area contributed by atoms with Gasteiger partial charge in [0.15, 0.2) is 0 Å². The highest BCUT2D eigenvalue weighted by atomic mass is 32.2. The fourth-order valence-electron chi connectivity index (χ4n) is 1.31. The van der Waals surface area contributed by atoms with E-state index in [4.69, 9.17) is 0 Å². The number of hydrogen-bond donors (Lipinski definition) is 1. The zero-order valence-corrected chi connectivity index (χ0v) is 9.52. The van der Waals surface area contributed by atoms with Crippen molar-refractivity contribution in [2.75, 3.05) is 0 Å². The van der Waals surface area contributed by atoms with Crippen molar-refractivity contribution in [2.45, 2.75) is 4.90 Å². The lowest BCUT2D eigenvalue weighted by Gasteiger charge is -1.98. The molecule has 0 radical (unpaired) electrons. The van der Waals surface area contributed by atoms with Crippen LogP contribution < -0.4 is 0 Å². The minimum absolute atomic E-state index is 0.324. The minimum atomic E-state index is 0.324. The lowest BCUT2D eigenvalue weighted by molar-refractivity contribution is 0.462. The van der Waals surface area contributed by atoms with Gasteiger partial charge in [0.25, 0.3) is 0 Å². The minimum Gasteiger partial charge on any atom is -0.507 e. The Labute approximate surface area is 99.4 Å². The second-order valence-electron chi connectivity index (χ2n) is 3.30. The summed E-state index contributed by atoms with van der Waals surface area (Å²) in [6, 6.07) is 17.4. The molecule has 2 heteroatoms. The van der Waals surface area contributed by atoms with E-state index in [9.17, 15) is 5.11 Å². The molecule has 0 fully saturated rings. The monoisotopic (exact) mass is 228 g/mol. The Hall–Kier alpha value is -1.67. The Bertz CT molecular complexity index is 477. The Balaban J connectivity index is 2.03. The predicted octanol–water partition coefficient (Wildman–Crippen LogP) is 4.16. The summed E-state index contributed by atoms with van der Waals surface area (Å²) in [7, 11) is 0. The summed E-state index contributed by atoms with van der Waals surface area (Å²) in [6.07, 6.45) is 2.02. The first-order chi connectivity index (χ1) is 7.86. The second kappa shape index (κ2) is 5.42. The van der Waals surface area contributed by atoms with E-state index < -0.39 is 0 Å². The Morgan fingerprint density at radius 3 is 2.31 bits per heavy atom. The van der Waals surface area contributed by atoms with Gasteiger partial charge in [-0.05, 0) is 29.2 Å². The van der Waals surface area contributed by atoms with Gasteiger partial charge in [-0.1, -0.05) is 54.2 Å². The number of hydrogen-bond acceptors (Lipinski definition) is 2. The largest absolute Gasteiger partial charge is 0.507 e. The topological polar surface area (TPSA) is 20.2 Å². The van der Waals surface area contributed by atoms with Crippen molar-refractivity contribution < 1.29 is 5.11 Å². The maximum Gasteiger partial charge on any atom is 0.129 e. The second-order valence-corrected chi connectivity index (χ2v) is 4.25. The van der Waals surface area contributed by atoms with Crippen LogP contribution in [0.1, 0.15) is 5.56 Å². The van der Waals surface area contributed by atoms with Crippen LogP contribution in [0.3, 0.4) is 0 Å². The van der Waals surface area contributed by atoms with Crippen LogP contribution in [0.4, 0.5) is 0 Å². The summed E-state index contributed by atoms with van der Waals surface area (Å²) in [5, 5.41) is 11.5. The molecule has 0 spiro atoms. The lowest BCUT2D eigenvalue weighted by atomic mass is 10.2. The highest BCUT2D eigenvalue weighted by Gasteiger charge is 1.96. The third-order valence-corrected chi connectivity index (χ3v) is 2.99. The van der Waals surface area contributed by atoms with E-state index >= 15 is 0 Å². The van der Waals surface area contributed by atoms with Crippen LogP contribution in [0.15, 0.2) is 64.9 Å². The molecule has 2 aromatic rings. The smallest absolute Gasteiger partial charge is 0.129 e. The molecule has 0 atom stereocenters. The molecular weight excluding hydrogens is 216 g/mol. The molecule has 0 amide bonds. The number of aromatic hydroxyl groups is 1. The molecule has 1 nitrogen and oxygen atoms in total. The summed E-state index contributed by atoms with van der Waals surface area (Å²) in [5.74, 6) is 0.324. The molecule has 0 unspecified atom stereocenters. The molecular formula is C14H12OS. The summed E-state index contributed by atoms with van der Waals surface area (Å²) >= 11 is 1.51. The van der Waals surface area contributed by atoms with Gasteiger partial charge in [-0.25, -0.2) is 0 Å². The summed E-state index contributed by atoms with van der Waals surface area (Å²) in [6.45, 7) is 0. The molecule has 0 aromatic heterocycles. The number of para-hydroxylation sites is 1. The molecule has 0 heterocycles. The third-order valence-electron chi connectivity index (χ3n) is 2.12. The van der Waals surface area contributed by atoms with E-state index in [2.05, 4.69) is 0 Å². The van der Waals surface area contributed by atoms with Gasteiger partial charge < -0.3 is 5.11 Å². The molecule has 0 aliphatic heterocycles. The summed E-state index contributed by atoms with van der Waals surface area (Å²) in [5.41, 5.74) is 1.16. The standard InChI is InChI=1S/C14H12OS/c15-13-8-4-5-9-14(13)16-11-10-12-6-2-1-3-7-12/h1-11,15H/b11-10-. The maximum absolute atomic E-state index is 9.55. The van der Waals surface area contributed by atoms with Crippen LogP contribution in [0.25, 0.3) is 6.08 Å². The zero-order valence-electron chi connectivity index (χ0n) is 8.71. The molecule has 1 N–H and O–H groups in total. The molecule has 0 aliphatic carbocycles. The first-order valence-electron chi connectivity index (χ1n) is 5.02. The molecule has 16 heavy (non-hydrogen) atoms. The van der Waals surface area contributed by atoms with Gasteiger partial charge >= 0.3 is 0 Å². The van der Waals surface area contributed by atoms with E-state index in [0.717, 1.165) is 10.5 Å². The molecule has 0 bridgehead atoms. The lowest BCUT2D eigenvalue weighted by Crippen LogP contribution is -1.70. The van der Waals surface area contributed by atoms with Crippen LogP contribution in [0, 0.1) is 0 Å². The van der Waals surface area contributed by atoms with Gasteiger partial charge in [0, 0.05) is 0 Å². The number of benzene rings is 2. The zero-order chi connectivity index (χ0) is 11.2. The van der Waals surface area contributed by atoms with E-state index in [1.807, 2.05) is 60.0 Å². The van der Waals surface area contributed by atoms with Crippen LogP contribution in [0.2, 0.25) is 0 Å². The van der Waals surface area contributed by atoms with Gasteiger partial charge in [0.05, 0.1) is 4.90 Å². The number of thioether (sulfide) groups is 1. The maximum atomic E-state index is 9.55. The van der Waals surface area contributed by atoms with Gasteiger partial charge in [0.2, 0.25) is 0 Å². The van der Waals surface area contributed by atoms with Gasteiger partial charge in [-0.15, -0.1) is 0 Å². The number of phenolic OH excluding ortho intramolecular Hbond substituents is 1. The van der Waals surface area contributed by atoms with Crippen molar-refractivity contribution in [3.63, 3.8) is 0 Å². The van der Waals surface area contributed by atoms with Crippen molar-refractivity contribution in [3.05, 3.63) is 65.6 Å². The third kappa shape index (κ3) is 2.91. The molecule has 2 aromatic carbocycles. The van der Waals surface area contributed by atoms with Crippen molar-refractivity contribution in [3.8, 4) is 5.75 Å². The Morgan fingerprint density at radius 2 is 1.56 bits per heavy atom. The first kappa shape index (κ1) is 10.8. The average molecular weight is 228 g/mol. The van der Waals surface area contributed by atoms with Crippen LogP contribution in [-0.4, -0.2) is 5.11 Å². The Kier molecular flexibility index (Phi) is 3.67. The first-order valence-corrected chi connectivity index (χ1v) is 5.90. The molecule has 0 saturated heterocycles. The average Bonchev–Trinajstić information content (AvgIpc) is 2.33. The van der Waals surface area contributed by atoms with E-state index in [1.165, 1.54) is 11.8 Å². The van der Waals surface area contributed by atoms with Gasteiger partial charge in [-0.3, -0.25) is 0 Å². The van der Waals surface area contributed by atoms with Gasteiger partial charge in [-0.2, -0.15) is 0 Å². The van der Waals surface area contributed by atoms with Crippen LogP contribution in [-0.2, 0) is 0 Å². The summed E-state index contributed by atoms with van der Waals surface area (Å²) in [4.78, 5) is 0.870. The highest BCUT2D eigenvalue weighted by Crippen LogP contribution is 2.28. The van der Waals surface area contributed by atoms with E-state index in [-0.39, 0.29) is 0 Å². The van der Waals surface area contributed by atoms with E-state index in [1.54, 1.807) is 6.07 Å². The fraction of sp³-hybridized carbons (Fsp3) is 0. The number of phenols is 1. The van der Waals surface area contributed by atoms with Crippen molar-refractivity contribution in [2.24, 2.45) is 0 Å². The van der Waals surface area contributed by atoms with E-state index in [0.29, 0.717) is 5.75 Å². The summed E-state index contributed by atoms with van der Waals surface area (Å²) < 4.78 is 0. The Morgan fingerprint density at radius 1 is 0.875 bits per heavy atom. The number of rotatable bonds is 3. The fourth-order valence-corrected chi connectivity index (χ4v) is 2.02. The molecule has 0 aliphatic rings.